The fraction of sp³-hybridized carbons (Fsp3) is 1.00. The molecule has 0 spiro atoms. The van der Waals surface area contributed by atoms with Crippen LogP contribution in [0.4, 0.5) is 0 Å². The van der Waals surface area contributed by atoms with Gasteiger partial charge in [-0.05, 0) is 62.6 Å². The Bertz CT molecular complexity index is 227. The molecule has 100 valence electrons. The first-order valence-corrected chi connectivity index (χ1v) is 7.55. The quantitative estimate of drug-likeness (QED) is 0.765. The smallest absolute Gasteiger partial charge is 0.00358 e. The summed E-state index contributed by atoms with van der Waals surface area (Å²) >= 11 is 0. The maximum Gasteiger partial charge on any atom is 0.00358 e. The first-order chi connectivity index (χ1) is 8.12. The second-order valence-electron chi connectivity index (χ2n) is 6.80. The van der Waals surface area contributed by atoms with Crippen LogP contribution < -0.4 is 5.32 Å². The third kappa shape index (κ3) is 3.96. The van der Waals surface area contributed by atoms with Gasteiger partial charge in [-0.1, -0.05) is 20.8 Å². The molecule has 0 aromatic heterocycles. The van der Waals surface area contributed by atoms with Crippen LogP contribution in [0.3, 0.4) is 0 Å². The van der Waals surface area contributed by atoms with Crippen LogP contribution in [0.25, 0.3) is 0 Å². The zero-order chi connectivity index (χ0) is 12.3. The van der Waals surface area contributed by atoms with Gasteiger partial charge in [0.05, 0.1) is 0 Å². The molecule has 1 N–H and O–H groups in total. The summed E-state index contributed by atoms with van der Waals surface area (Å²) in [6.07, 6.45) is 5.73. The molecule has 2 aliphatic rings. The molecule has 17 heavy (non-hydrogen) atoms. The molecule has 2 rings (SSSR count). The molecule has 1 atom stereocenters. The second-order valence-corrected chi connectivity index (χ2v) is 6.80. The molecule has 1 unspecified atom stereocenters. The predicted molar refractivity (Wildman–Crippen MR) is 74.2 cm³/mol. The molecule has 1 aliphatic heterocycles. The molecule has 2 heteroatoms. The summed E-state index contributed by atoms with van der Waals surface area (Å²) in [4.78, 5) is 2.69. The lowest BCUT2D eigenvalue weighted by Crippen LogP contribution is -2.45. The van der Waals surface area contributed by atoms with Gasteiger partial charge in [-0.2, -0.15) is 0 Å². The Labute approximate surface area is 107 Å². The van der Waals surface area contributed by atoms with Crippen LogP contribution >= 0.6 is 0 Å². The molecule has 1 heterocycles. The summed E-state index contributed by atoms with van der Waals surface area (Å²) in [6, 6.07) is 0. The Kier molecular flexibility index (Phi) is 4.48. The Balaban J connectivity index is 1.84. The zero-order valence-electron chi connectivity index (χ0n) is 12.0. The van der Waals surface area contributed by atoms with Crippen LogP contribution in [0.5, 0.6) is 0 Å². The number of hydrogen-bond acceptors (Lipinski definition) is 2. The monoisotopic (exact) mass is 238 g/mol. The Hall–Kier alpha value is -0.0800. The number of rotatable bonds is 6. The van der Waals surface area contributed by atoms with Crippen LogP contribution in [-0.4, -0.2) is 37.6 Å². The van der Waals surface area contributed by atoms with Crippen molar-refractivity contribution in [2.75, 3.05) is 32.7 Å². The summed E-state index contributed by atoms with van der Waals surface area (Å²) in [5.41, 5.74) is 0.471. The van der Waals surface area contributed by atoms with Crippen molar-refractivity contribution in [1.82, 2.24) is 10.2 Å². The van der Waals surface area contributed by atoms with Gasteiger partial charge >= 0.3 is 0 Å². The van der Waals surface area contributed by atoms with Crippen LogP contribution in [0, 0.1) is 17.3 Å². The molecule has 1 saturated carbocycles. The number of hydrogen-bond donors (Lipinski definition) is 1. The van der Waals surface area contributed by atoms with E-state index in [0.29, 0.717) is 5.41 Å². The van der Waals surface area contributed by atoms with Crippen molar-refractivity contribution >= 4 is 0 Å². The molecular weight excluding hydrogens is 208 g/mol. The van der Waals surface area contributed by atoms with Gasteiger partial charge in [-0.15, -0.1) is 0 Å². The first-order valence-electron chi connectivity index (χ1n) is 7.55. The van der Waals surface area contributed by atoms with E-state index in [1.807, 2.05) is 0 Å². The molecule has 1 aliphatic carbocycles. The van der Waals surface area contributed by atoms with Crippen molar-refractivity contribution in [3.05, 3.63) is 0 Å². The van der Waals surface area contributed by atoms with E-state index in [9.17, 15) is 0 Å². The van der Waals surface area contributed by atoms with Gasteiger partial charge in [0.25, 0.3) is 0 Å². The van der Waals surface area contributed by atoms with E-state index in [4.69, 9.17) is 0 Å². The van der Waals surface area contributed by atoms with E-state index < -0.39 is 0 Å². The standard InChI is InChI=1S/C15H30N2/c1-4-17(11-13-7-8-13)12-15(2,3)14-6-5-9-16-10-14/h13-14,16H,4-12H2,1-3H3. The number of nitrogens with zero attached hydrogens (tertiary/aromatic N) is 1. The normalized spacial score (nSPS) is 26.5. The van der Waals surface area contributed by atoms with Crippen molar-refractivity contribution in [1.29, 1.82) is 0 Å². The van der Waals surface area contributed by atoms with E-state index in [1.54, 1.807) is 0 Å². The highest BCUT2D eigenvalue weighted by atomic mass is 15.1. The highest BCUT2D eigenvalue weighted by Gasteiger charge is 2.33. The molecule has 2 fully saturated rings. The minimum atomic E-state index is 0.471. The molecule has 0 bridgehead atoms. The van der Waals surface area contributed by atoms with Crippen LogP contribution in [0.1, 0.15) is 46.5 Å². The first kappa shape index (κ1) is 13.4. The van der Waals surface area contributed by atoms with Gasteiger partial charge in [0.2, 0.25) is 0 Å². The summed E-state index contributed by atoms with van der Waals surface area (Å²) in [6.45, 7) is 13.6. The highest BCUT2D eigenvalue weighted by Crippen LogP contribution is 2.35. The third-order valence-corrected chi connectivity index (χ3v) is 4.69. The maximum atomic E-state index is 3.57. The Morgan fingerprint density at radius 1 is 1.24 bits per heavy atom. The van der Waals surface area contributed by atoms with Gasteiger partial charge < -0.3 is 10.2 Å². The minimum Gasteiger partial charge on any atom is -0.316 e. The topological polar surface area (TPSA) is 15.3 Å². The number of nitrogens with one attached hydrogen (secondary N) is 1. The van der Waals surface area contributed by atoms with E-state index in [-0.39, 0.29) is 0 Å². The second kappa shape index (κ2) is 5.71. The molecule has 0 amide bonds. The summed E-state index contributed by atoms with van der Waals surface area (Å²) in [7, 11) is 0. The van der Waals surface area contributed by atoms with Crippen molar-refractivity contribution in [3.8, 4) is 0 Å². The van der Waals surface area contributed by atoms with Gasteiger partial charge in [0, 0.05) is 13.1 Å². The van der Waals surface area contributed by atoms with Crippen molar-refractivity contribution in [2.24, 2.45) is 17.3 Å². The van der Waals surface area contributed by atoms with Crippen LogP contribution in [0.15, 0.2) is 0 Å². The van der Waals surface area contributed by atoms with E-state index in [1.165, 1.54) is 58.4 Å². The molecule has 0 aromatic rings. The average Bonchev–Trinajstić information content (AvgIpc) is 3.13. The van der Waals surface area contributed by atoms with Crippen molar-refractivity contribution in [3.63, 3.8) is 0 Å². The minimum absolute atomic E-state index is 0.471. The van der Waals surface area contributed by atoms with Crippen LogP contribution in [0.2, 0.25) is 0 Å². The summed E-state index contributed by atoms with van der Waals surface area (Å²) in [5, 5.41) is 3.57. The van der Waals surface area contributed by atoms with E-state index >= 15 is 0 Å². The highest BCUT2D eigenvalue weighted by molar-refractivity contribution is 4.87. The maximum absolute atomic E-state index is 3.57. The van der Waals surface area contributed by atoms with Crippen molar-refractivity contribution in [2.45, 2.75) is 46.5 Å². The SMILES string of the molecule is CCN(CC1CC1)CC(C)(C)C1CCCNC1. The fourth-order valence-electron chi connectivity index (χ4n) is 3.20. The summed E-state index contributed by atoms with van der Waals surface area (Å²) < 4.78 is 0. The molecule has 1 saturated heterocycles. The largest absolute Gasteiger partial charge is 0.316 e. The average molecular weight is 238 g/mol. The lowest BCUT2D eigenvalue weighted by molar-refractivity contribution is 0.101. The fourth-order valence-corrected chi connectivity index (χ4v) is 3.20. The van der Waals surface area contributed by atoms with Crippen molar-refractivity contribution < 1.29 is 0 Å². The van der Waals surface area contributed by atoms with Gasteiger partial charge in [0.1, 0.15) is 0 Å². The Morgan fingerprint density at radius 2 is 2.00 bits per heavy atom. The van der Waals surface area contributed by atoms with E-state index in [0.717, 1.165) is 11.8 Å². The lowest BCUT2D eigenvalue weighted by Gasteiger charge is -2.40. The molecule has 2 nitrogen and oxygen atoms in total. The number of piperidine rings is 1. The summed E-state index contributed by atoms with van der Waals surface area (Å²) in [5.74, 6) is 1.89. The molecule has 0 radical (unpaired) electrons. The van der Waals surface area contributed by atoms with Gasteiger partial charge in [0.15, 0.2) is 0 Å². The lowest BCUT2D eigenvalue weighted by atomic mass is 9.74. The van der Waals surface area contributed by atoms with Crippen LogP contribution in [-0.2, 0) is 0 Å². The third-order valence-electron chi connectivity index (χ3n) is 4.69. The Morgan fingerprint density at radius 3 is 2.53 bits per heavy atom. The zero-order valence-corrected chi connectivity index (χ0v) is 12.0. The van der Waals surface area contributed by atoms with Gasteiger partial charge in [-0.25, -0.2) is 0 Å². The van der Waals surface area contributed by atoms with E-state index in [2.05, 4.69) is 31.0 Å². The molecular formula is C15H30N2. The van der Waals surface area contributed by atoms with Gasteiger partial charge in [-0.3, -0.25) is 0 Å². The predicted octanol–water partition coefficient (Wildman–Crippen LogP) is 2.74. The molecule has 0 aromatic carbocycles.